The standard InChI is InChI=1S/C20H14BrN3O6S/c21-19-10-2-1-9-18(19)20(25)23-22-13-14-5-3-7-16(11-14)30-31(28,29)17-8-4-6-15(12-17)24(26)27/h1-13H,(H,23,25)/b22-13-. The molecule has 0 spiro atoms. The van der Waals surface area contributed by atoms with Crippen molar-refractivity contribution in [2.24, 2.45) is 5.10 Å². The van der Waals surface area contributed by atoms with Crippen molar-refractivity contribution in [1.29, 1.82) is 0 Å². The molecule has 0 aliphatic rings. The van der Waals surface area contributed by atoms with Gasteiger partial charge in [0.25, 0.3) is 11.6 Å². The summed E-state index contributed by atoms with van der Waals surface area (Å²) < 4.78 is 30.6. The first-order valence-corrected chi connectivity index (χ1v) is 10.8. The van der Waals surface area contributed by atoms with Crippen molar-refractivity contribution < 1.29 is 22.3 Å². The normalized spacial score (nSPS) is 11.3. The van der Waals surface area contributed by atoms with Crippen molar-refractivity contribution in [3.8, 4) is 5.75 Å². The molecule has 0 bridgehead atoms. The van der Waals surface area contributed by atoms with E-state index >= 15 is 0 Å². The lowest BCUT2D eigenvalue weighted by Gasteiger charge is -2.07. The largest absolute Gasteiger partial charge is 0.379 e. The van der Waals surface area contributed by atoms with Crippen LogP contribution in [0.15, 0.2) is 87.3 Å². The van der Waals surface area contributed by atoms with Gasteiger partial charge in [-0.3, -0.25) is 14.9 Å². The highest BCUT2D eigenvalue weighted by Crippen LogP contribution is 2.22. The van der Waals surface area contributed by atoms with Crippen molar-refractivity contribution in [3.05, 3.63) is 98.5 Å². The molecule has 3 rings (SSSR count). The quantitative estimate of drug-likeness (QED) is 0.225. The molecule has 0 radical (unpaired) electrons. The maximum atomic E-state index is 12.4. The zero-order chi connectivity index (χ0) is 22.4. The Labute approximate surface area is 185 Å². The fourth-order valence-corrected chi connectivity index (χ4v) is 3.87. The van der Waals surface area contributed by atoms with Gasteiger partial charge in [-0.05, 0) is 51.8 Å². The molecule has 11 heteroatoms. The van der Waals surface area contributed by atoms with Gasteiger partial charge in [0.1, 0.15) is 10.6 Å². The van der Waals surface area contributed by atoms with Gasteiger partial charge in [0, 0.05) is 16.6 Å². The zero-order valence-electron chi connectivity index (χ0n) is 15.6. The van der Waals surface area contributed by atoms with Crippen molar-refractivity contribution in [2.45, 2.75) is 4.90 Å². The number of nitro benzene ring substituents is 1. The molecule has 0 aromatic heterocycles. The van der Waals surface area contributed by atoms with Crippen molar-refractivity contribution in [1.82, 2.24) is 5.43 Å². The molecule has 0 aliphatic carbocycles. The summed E-state index contributed by atoms with van der Waals surface area (Å²) in [6, 6.07) is 17.4. The number of nitro groups is 1. The molecule has 0 heterocycles. The van der Waals surface area contributed by atoms with E-state index < -0.39 is 20.9 Å². The Kier molecular flexibility index (Phi) is 6.78. The predicted octanol–water partition coefficient (Wildman–Crippen LogP) is 3.89. The average Bonchev–Trinajstić information content (AvgIpc) is 2.74. The Hall–Kier alpha value is -3.57. The number of benzene rings is 3. The van der Waals surface area contributed by atoms with E-state index in [9.17, 15) is 23.3 Å². The minimum Gasteiger partial charge on any atom is -0.379 e. The molecular weight excluding hydrogens is 490 g/mol. The lowest BCUT2D eigenvalue weighted by atomic mass is 10.2. The summed E-state index contributed by atoms with van der Waals surface area (Å²) in [6.07, 6.45) is 1.32. The summed E-state index contributed by atoms with van der Waals surface area (Å²) in [5, 5.41) is 14.7. The zero-order valence-corrected chi connectivity index (χ0v) is 18.0. The molecule has 3 aromatic carbocycles. The lowest BCUT2D eigenvalue weighted by Crippen LogP contribution is -2.18. The minimum absolute atomic E-state index is 0.0208. The number of non-ortho nitro benzene ring substituents is 1. The Morgan fingerprint density at radius 2 is 1.81 bits per heavy atom. The van der Waals surface area contributed by atoms with Gasteiger partial charge in [-0.1, -0.05) is 30.3 Å². The second-order valence-electron chi connectivity index (χ2n) is 6.04. The van der Waals surface area contributed by atoms with E-state index in [1.54, 1.807) is 30.3 Å². The molecule has 0 saturated carbocycles. The summed E-state index contributed by atoms with van der Waals surface area (Å²) in [6.45, 7) is 0. The Morgan fingerprint density at radius 1 is 1.06 bits per heavy atom. The number of halogens is 1. The van der Waals surface area contributed by atoms with E-state index in [2.05, 4.69) is 26.5 Å². The van der Waals surface area contributed by atoms with Crippen LogP contribution in [-0.4, -0.2) is 25.5 Å². The van der Waals surface area contributed by atoms with Crippen LogP contribution >= 0.6 is 15.9 Å². The average molecular weight is 504 g/mol. The number of hydrogen-bond acceptors (Lipinski definition) is 7. The van der Waals surface area contributed by atoms with Gasteiger partial charge in [0.05, 0.1) is 16.7 Å². The first-order chi connectivity index (χ1) is 14.8. The smallest absolute Gasteiger partial charge is 0.339 e. The van der Waals surface area contributed by atoms with Gasteiger partial charge in [-0.2, -0.15) is 13.5 Å². The van der Waals surface area contributed by atoms with Crippen LogP contribution in [0.25, 0.3) is 0 Å². The van der Waals surface area contributed by atoms with Crippen LogP contribution in [0.4, 0.5) is 5.69 Å². The Balaban J connectivity index is 1.72. The maximum Gasteiger partial charge on any atom is 0.339 e. The third kappa shape index (κ3) is 5.74. The number of rotatable bonds is 7. The molecule has 0 saturated heterocycles. The van der Waals surface area contributed by atoms with E-state index in [4.69, 9.17) is 4.18 Å². The van der Waals surface area contributed by atoms with Gasteiger partial charge >= 0.3 is 10.1 Å². The number of hydrazone groups is 1. The molecule has 1 amide bonds. The summed E-state index contributed by atoms with van der Waals surface area (Å²) >= 11 is 3.28. The predicted molar refractivity (Wildman–Crippen MR) is 117 cm³/mol. The van der Waals surface area contributed by atoms with Crippen molar-refractivity contribution >= 4 is 43.9 Å². The van der Waals surface area contributed by atoms with Crippen molar-refractivity contribution in [2.75, 3.05) is 0 Å². The van der Waals surface area contributed by atoms with E-state index in [0.29, 0.717) is 15.6 Å². The topological polar surface area (TPSA) is 128 Å². The molecule has 0 aliphatic heterocycles. The molecular formula is C20H14BrN3O6S. The van der Waals surface area contributed by atoms with Crippen molar-refractivity contribution in [3.63, 3.8) is 0 Å². The number of carbonyl (C=O) groups is 1. The molecule has 158 valence electrons. The number of nitrogens with one attached hydrogen (secondary N) is 1. The fraction of sp³-hybridized carbons (Fsp3) is 0. The van der Waals surface area contributed by atoms with E-state index in [0.717, 1.165) is 6.07 Å². The van der Waals surface area contributed by atoms with E-state index in [1.165, 1.54) is 42.6 Å². The van der Waals surface area contributed by atoms with Crippen LogP contribution in [-0.2, 0) is 10.1 Å². The summed E-state index contributed by atoms with van der Waals surface area (Å²) in [5.41, 5.74) is 2.87. The van der Waals surface area contributed by atoms with Crippen LogP contribution < -0.4 is 9.61 Å². The number of carbonyl (C=O) groups excluding carboxylic acids is 1. The van der Waals surface area contributed by atoms with Gasteiger partial charge in [0.15, 0.2) is 0 Å². The number of nitrogens with zero attached hydrogens (tertiary/aromatic N) is 2. The third-order valence-corrected chi connectivity index (χ3v) is 5.81. The SMILES string of the molecule is O=C(N/N=C\c1cccc(OS(=O)(=O)c2cccc([N+](=O)[O-])c2)c1)c1ccccc1Br. The first-order valence-electron chi connectivity index (χ1n) is 8.63. The fourth-order valence-electron chi connectivity index (χ4n) is 2.45. The molecule has 1 N–H and O–H groups in total. The van der Waals surface area contributed by atoms with E-state index in [1.807, 2.05) is 0 Å². The monoisotopic (exact) mass is 503 g/mol. The summed E-state index contributed by atoms with van der Waals surface area (Å²) in [7, 11) is -4.28. The molecule has 0 unspecified atom stereocenters. The lowest BCUT2D eigenvalue weighted by molar-refractivity contribution is -0.385. The highest BCUT2D eigenvalue weighted by molar-refractivity contribution is 9.10. The highest BCUT2D eigenvalue weighted by Gasteiger charge is 2.20. The maximum absolute atomic E-state index is 12.4. The number of hydrogen-bond donors (Lipinski definition) is 1. The highest BCUT2D eigenvalue weighted by atomic mass is 79.9. The molecule has 0 atom stereocenters. The summed E-state index contributed by atoms with van der Waals surface area (Å²) in [5.74, 6) is -0.447. The van der Waals surface area contributed by atoms with Gasteiger partial charge < -0.3 is 4.18 Å². The van der Waals surface area contributed by atoms with Gasteiger partial charge in [-0.25, -0.2) is 5.43 Å². The van der Waals surface area contributed by atoms with Crippen LogP contribution in [0.2, 0.25) is 0 Å². The Bertz CT molecular complexity index is 1280. The van der Waals surface area contributed by atoms with E-state index in [-0.39, 0.29) is 16.3 Å². The molecule has 3 aromatic rings. The number of amides is 1. The first kappa shape index (κ1) is 22.1. The second kappa shape index (κ2) is 9.49. The summed E-state index contributed by atoms with van der Waals surface area (Å²) in [4.78, 5) is 22.0. The third-order valence-electron chi connectivity index (χ3n) is 3.88. The van der Waals surface area contributed by atoms with Crippen LogP contribution in [0, 0.1) is 10.1 Å². The molecule has 9 nitrogen and oxygen atoms in total. The van der Waals surface area contributed by atoms with Crippen LogP contribution in [0.5, 0.6) is 5.75 Å². The minimum atomic E-state index is -4.28. The molecule has 31 heavy (non-hydrogen) atoms. The van der Waals surface area contributed by atoms with Crippen LogP contribution in [0.3, 0.4) is 0 Å². The van der Waals surface area contributed by atoms with Gasteiger partial charge in [0.2, 0.25) is 0 Å². The van der Waals surface area contributed by atoms with Gasteiger partial charge in [-0.15, -0.1) is 0 Å². The second-order valence-corrected chi connectivity index (χ2v) is 8.44. The molecule has 0 fully saturated rings. The Morgan fingerprint density at radius 3 is 2.55 bits per heavy atom. The van der Waals surface area contributed by atoms with Crippen LogP contribution in [0.1, 0.15) is 15.9 Å².